The lowest BCUT2D eigenvalue weighted by molar-refractivity contribution is 0.274. The number of aliphatic hydroxyl groups excluding tert-OH is 1. The second kappa shape index (κ2) is 6.54. The molecule has 1 atom stereocenters. The summed E-state index contributed by atoms with van der Waals surface area (Å²) in [4.78, 5) is 4.29. The first-order valence-electron chi connectivity index (χ1n) is 5.86. The minimum absolute atomic E-state index is 0.0271. The molecule has 0 spiro atoms. The van der Waals surface area contributed by atoms with Crippen LogP contribution in [0.1, 0.15) is 11.7 Å². The number of benzene rings is 1. The first-order valence-corrected chi connectivity index (χ1v) is 6.65. The molecule has 2 N–H and O–H groups in total. The Bertz CT molecular complexity index is 514. The lowest BCUT2D eigenvalue weighted by atomic mass is 10.2. The second-order valence-electron chi connectivity index (χ2n) is 4.01. The first kappa shape index (κ1) is 13.8. The van der Waals surface area contributed by atoms with E-state index >= 15 is 0 Å². The van der Waals surface area contributed by atoms with E-state index in [0.29, 0.717) is 0 Å². The SMILES string of the molecule is COc1ccc(NC(CO)c2ccc(Br)cn2)cc1. The largest absolute Gasteiger partial charge is 0.497 e. The zero-order valence-electron chi connectivity index (χ0n) is 10.5. The fraction of sp³-hybridized carbons (Fsp3) is 0.214. The van der Waals surface area contributed by atoms with Gasteiger partial charge in [-0.05, 0) is 52.3 Å². The number of pyridine rings is 1. The van der Waals surface area contributed by atoms with Gasteiger partial charge in [0.25, 0.3) is 0 Å². The van der Waals surface area contributed by atoms with Crippen molar-refractivity contribution in [3.63, 3.8) is 0 Å². The van der Waals surface area contributed by atoms with Gasteiger partial charge in [0.2, 0.25) is 0 Å². The van der Waals surface area contributed by atoms with Crippen LogP contribution < -0.4 is 10.1 Å². The number of methoxy groups -OCH3 is 1. The van der Waals surface area contributed by atoms with E-state index in [1.165, 1.54) is 0 Å². The van der Waals surface area contributed by atoms with Crippen LogP contribution in [0, 0.1) is 0 Å². The van der Waals surface area contributed by atoms with E-state index in [4.69, 9.17) is 4.74 Å². The van der Waals surface area contributed by atoms with E-state index in [1.807, 2.05) is 36.4 Å². The lowest BCUT2D eigenvalue weighted by Gasteiger charge is -2.17. The van der Waals surface area contributed by atoms with Gasteiger partial charge in [0, 0.05) is 16.4 Å². The molecule has 1 aromatic heterocycles. The number of hydrogen-bond acceptors (Lipinski definition) is 4. The number of ether oxygens (including phenoxy) is 1. The smallest absolute Gasteiger partial charge is 0.119 e. The third-order valence-electron chi connectivity index (χ3n) is 2.72. The van der Waals surface area contributed by atoms with Gasteiger partial charge < -0.3 is 15.2 Å². The highest BCUT2D eigenvalue weighted by molar-refractivity contribution is 9.10. The Labute approximate surface area is 120 Å². The normalized spacial score (nSPS) is 11.9. The minimum Gasteiger partial charge on any atom is -0.497 e. The minimum atomic E-state index is -0.235. The van der Waals surface area contributed by atoms with Gasteiger partial charge in [-0.3, -0.25) is 4.98 Å². The molecule has 0 bridgehead atoms. The zero-order valence-corrected chi connectivity index (χ0v) is 12.1. The molecule has 0 aliphatic carbocycles. The van der Waals surface area contributed by atoms with E-state index in [2.05, 4.69) is 26.2 Å². The number of anilines is 1. The number of hydrogen-bond donors (Lipinski definition) is 2. The Morgan fingerprint density at radius 3 is 2.53 bits per heavy atom. The summed E-state index contributed by atoms with van der Waals surface area (Å²) in [5.41, 5.74) is 1.70. The molecule has 1 heterocycles. The van der Waals surface area contributed by atoms with Crippen molar-refractivity contribution in [1.82, 2.24) is 4.98 Å². The van der Waals surface area contributed by atoms with Crippen LogP contribution in [0.5, 0.6) is 5.75 Å². The van der Waals surface area contributed by atoms with Gasteiger partial charge in [-0.25, -0.2) is 0 Å². The van der Waals surface area contributed by atoms with Crippen molar-refractivity contribution in [3.8, 4) is 5.75 Å². The molecule has 19 heavy (non-hydrogen) atoms. The van der Waals surface area contributed by atoms with Gasteiger partial charge in [-0.2, -0.15) is 0 Å². The summed E-state index contributed by atoms with van der Waals surface area (Å²) in [6, 6.07) is 11.1. The molecule has 0 saturated heterocycles. The molecule has 2 aromatic rings. The Balaban J connectivity index is 2.11. The van der Waals surface area contributed by atoms with Crippen molar-refractivity contribution < 1.29 is 9.84 Å². The van der Waals surface area contributed by atoms with Crippen molar-refractivity contribution in [3.05, 3.63) is 52.8 Å². The van der Waals surface area contributed by atoms with Crippen molar-refractivity contribution in [2.24, 2.45) is 0 Å². The summed E-state index contributed by atoms with van der Waals surface area (Å²) in [5, 5.41) is 12.7. The number of aliphatic hydroxyl groups is 1. The Kier molecular flexibility index (Phi) is 4.76. The number of nitrogens with zero attached hydrogens (tertiary/aromatic N) is 1. The summed E-state index contributed by atoms with van der Waals surface area (Å²) in [7, 11) is 1.63. The number of nitrogens with one attached hydrogen (secondary N) is 1. The number of aromatic nitrogens is 1. The highest BCUT2D eigenvalue weighted by atomic mass is 79.9. The van der Waals surface area contributed by atoms with Crippen LogP contribution >= 0.6 is 15.9 Å². The molecule has 4 nitrogen and oxygen atoms in total. The van der Waals surface area contributed by atoms with Gasteiger partial charge in [0.1, 0.15) is 5.75 Å². The maximum atomic E-state index is 9.47. The third-order valence-corrected chi connectivity index (χ3v) is 3.19. The van der Waals surface area contributed by atoms with Crippen LogP contribution in [0.15, 0.2) is 47.1 Å². The summed E-state index contributed by atoms with van der Waals surface area (Å²) in [6.45, 7) is -0.0271. The molecule has 1 unspecified atom stereocenters. The van der Waals surface area contributed by atoms with Crippen LogP contribution in [0.2, 0.25) is 0 Å². The monoisotopic (exact) mass is 322 g/mol. The predicted molar refractivity (Wildman–Crippen MR) is 78.4 cm³/mol. The summed E-state index contributed by atoms with van der Waals surface area (Å²) >= 11 is 3.34. The van der Waals surface area contributed by atoms with E-state index in [1.54, 1.807) is 13.3 Å². The van der Waals surface area contributed by atoms with Crippen molar-refractivity contribution >= 4 is 21.6 Å². The number of rotatable bonds is 5. The Morgan fingerprint density at radius 1 is 1.26 bits per heavy atom. The average molecular weight is 323 g/mol. The maximum absolute atomic E-state index is 9.47. The van der Waals surface area contributed by atoms with E-state index in [9.17, 15) is 5.11 Å². The van der Waals surface area contributed by atoms with Gasteiger partial charge in [-0.15, -0.1) is 0 Å². The van der Waals surface area contributed by atoms with Crippen molar-refractivity contribution in [2.75, 3.05) is 19.0 Å². The Hall–Kier alpha value is -1.59. The molecule has 2 rings (SSSR count). The first-order chi connectivity index (χ1) is 9.22. The zero-order chi connectivity index (χ0) is 13.7. The van der Waals surface area contributed by atoms with E-state index in [-0.39, 0.29) is 12.6 Å². The van der Waals surface area contributed by atoms with Gasteiger partial charge in [0.15, 0.2) is 0 Å². The highest BCUT2D eigenvalue weighted by Gasteiger charge is 2.11. The summed E-state index contributed by atoms with van der Waals surface area (Å²) < 4.78 is 6.02. The maximum Gasteiger partial charge on any atom is 0.119 e. The second-order valence-corrected chi connectivity index (χ2v) is 4.92. The standard InChI is InChI=1S/C14H15BrN2O2/c1-19-12-5-3-11(4-6-12)17-14(9-18)13-7-2-10(15)8-16-13/h2-8,14,17-18H,9H2,1H3. The molecule has 0 aliphatic heterocycles. The Morgan fingerprint density at radius 2 is 2.00 bits per heavy atom. The van der Waals surface area contributed by atoms with Crippen molar-refractivity contribution in [2.45, 2.75) is 6.04 Å². The topological polar surface area (TPSA) is 54.4 Å². The molecule has 1 aromatic carbocycles. The molecular weight excluding hydrogens is 308 g/mol. The quantitative estimate of drug-likeness (QED) is 0.888. The molecule has 0 saturated carbocycles. The van der Waals surface area contributed by atoms with Gasteiger partial charge in [0.05, 0.1) is 25.5 Å². The van der Waals surface area contributed by atoms with Gasteiger partial charge >= 0.3 is 0 Å². The molecule has 0 radical (unpaired) electrons. The van der Waals surface area contributed by atoms with Crippen molar-refractivity contribution in [1.29, 1.82) is 0 Å². The fourth-order valence-corrected chi connectivity index (χ4v) is 1.93. The lowest BCUT2D eigenvalue weighted by Crippen LogP contribution is -2.16. The third kappa shape index (κ3) is 3.68. The van der Waals surface area contributed by atoms with E-state index in [0.717, 1.165) is 21.6 Å². The van der Waals surface area contributed by atoms with Crippen LogP contribution in [0.4, 0.5) is 5.69 Å². The summed E-state index contributed by atoms with van der Waals surface area (Å²) in [5.74, 6) is 0.799. The van der Waals surface area contributed by atoms with Gasteiger partial charge in [-0.1, -0.05) is 0 Å². The number of halogens is 1. The average Bonchev–Trinajstić information content (AvgIpc) is 2.46. The highest BCUT2D eigenvalue weighted by Crippen LogP contribution is 2.21. The van der Waals surface area contributed by atoms with E-state index < -0.39 is 0 Å². The van der Waals surface area contributed by atoms with Crippen LogP contribution in [-0.4, -0.2) is 23.8 Å². The molecule has 100 valence electrons. The van der Waals surface area contributed by atoms with Crippen LogP contribution in [0.3, 0.4) is 0 Å². The predicted octanol–water partition coefficient (Wildman–Crippen LogP) is 3.00. The molecular formula is C14H15BrN2O2. The van der Waals surface area contributed by atoms with Crippen LogP contribution in [0.25, 0.3) is 0 Å². The molecule has 0 amide bonds. The molecule has 5 heteroatoms. The molecule has 0 aliphatic rings. The summed E-state index contributed by atoms with van der Waals surface area (Å²) in [6.07, 6.45) is 1.72. The fourth-order valence-electron chi connectivity index (χ4n) is 1.69. The van der Waals surface area contributed by atoms with Crippen LogP contribution in [-0.2, 0) is 0 Å². The molecule has 0 fully saturated rings.